The van der Waals surface area contributed by atoms with Crippen LogP contribution in [0.25, 0.3) is 0 Å². The Kier molecular flexibility index (Phi) is 34.9. The van der Waals surface area contributed by atoms with Gasteiger partial charge in [0.1, 0.15) is 18.9 Å². The number of imidazole rings is 1. The quantitative estimate of drug-likeness (QED) is 0.0494. The molecule has 2 rings (SSSR count). The van der Waals surface area contributed by atoms with Gasteiger partial charge in [-0.15, -0.1) is 0 Å². The Morgan fingerprint density at radius 3 is 0.983 bits per heavy atom. The van der Waals surface area contributed by atoms with Crippen molar-refractivity contribution in [2.24, 2.45) is 7.05 Å². The van der Waals surface area contributed by atoms with Gasteiger partial charge in [0.15, 0.2) is 11.5 Å². The van der Waals surface area contributed by atoms with Crippen molar-refractivity contribution in [3.63, 3.8) is 0 Å². The first kappa shape index (κ1) is 52.0. The lowest BCUT2D eigenvalue weighted by Crippen LogP contribution is -2.23. The van der Waals surface area contributed by atoms with Crippen molar-refractivity contribution in [3.05, 3.63) is 36.4 Å². The van der Waals surface area contributed by atoms with Crippen molar-refractivity contribution < 1.29 is 18.8 Å². The van der Waals surface area contributed by atoms with Crippen LogP contribution in [0.3, 0.4) is 0 Å². The summed E-state index contributed by atoms with van der Waals surface area (Å²) in [6, 6.07) is 4.43. The van der Waals surface area contributed by atoms with Crippen LogP contribution in [-0.2, 0) is 13.6 Å². The SMILES string of the molecule is CCCCCCCCCCCCCCOc1cc(Cn2cc[n+](C)c2)cc(OCCCCCCCCCCCCCC)c1OCCCCCCCCCCCCCC. The summed E-state index contributed by atoms with van der Waals surface area (Å²) in [4.78, 5) is 0. The topological polar surface area (TPSA) is 36.5 Å². The molecule has 2 aromatic rings. The Hall–Kier alpha value is -2.17. The molecule has 0 amide bonds. The monoisotopic (exact) mass is 810 g/mol. The number of ether oxygens (including phenoxy) is 3. The van der Waals surface area contributed by atoms with E-state index in [0.29, 0.717) is 6.61 Å². The second-order valence-corrected chi connectivity index (χ2v) is 17.9. The van der Waals surface area contributed by atoms with E-state index in [1.807, 2.05) is 0 Å². The lowest BCUT2D eigenvalue weighted by atomic mass is 10.1. The summed E-state index contributed by atoms with van der Waals surface area (Å²) in [5.74, 6) is 2.55. The first-order chi connectivity index (χ1) is 28.7. The fraction of sp³-hybridized carbons (Fsp3) is 0.830. The third-order valence-electron chi connectivity index (χ3n) is 12.0. The molecule has 336 valence electrons. The van der Waals surface area contributed by atoms with E-state index in [1.54, 1.807) is 0 Å². The Bertz CT molecular complexity index is 1110. The van der Waals surface area contributed by atoms with E-state index in [1.165, 1.54) is 217 Å². The van der Waals surface area contributed by atoms with Crippen LogP contribution in [0.4, 0.5) is 0 Å². The van der Waals surface area contributed by atoms with Crippen LogP contribution in [0.15, 0.2) is 30.9 Å². The van der Waals surface area contributed by atoms with Gasteiger partial charge in [0, 0.05) is 5.56 Å². The number of nitrogens with zero attached hydrogens (tertiary/aromatic N) is 2. The summed E-state index contributed by atoms with van der Waals surface area (Å²) in [7, 11) is 2.08. The Balaban J connectivity index is 1.90. The lowest BCUT2D eigenvalue weighted by molar-refractivity contribution is -0.671. The van der Waals surface area contributed by atoms with Crippen molar-refractivity contribution in [2.45, 2.75) is 258 Å². The highest BCUT2D eigenvalue weighted by molar-refractivity contribution is 5.54. The first-order valence-corrected chi connectivity index (χ1v) is 25.7. The second-order valence-electron chi connectivity index (χ2n) is 17.9. The smallest absolute Gasteiger partial charge is 0.243 e. The number of benzene rings is 1. The molecule has 0 bridgehead atoms. The summed E-state index contributed by atoms with van der Waals surface area (Å²) < 4.78 is 24.2. The van der Waals surface area contributed by atoms with E-state index in [-0.39, 0.29) is 0 Å². The average molecular weight is 810 g/mol. The van der Waals surface area contributed by atoms with Crippen molar-refractivity contribution in [3.8, 4) is 17.2 Å². The summed E-state index contributed by atoms with van der Waals surface area (Å²) >= 11 is 0. The maximum Gasteiger partial charge on any atom is 0.243 e. The number of aryl methyl sites for hydroxylation is 1. The molecule has 0 aliphatic rings. The molecule has 1 heterocycles. The normalized spacial score (nSPS) is 11.4. The van der Waals surface area contributed by atoms with E-state index >= 15 is 0 Å². The Labute approximate surface area is 361 Å². The number of rotatable bonds is 44. The predicted octanol–water partition coefficient (Wildman–Crippen LogP) is 16.6. The van der Waals surface area contributed by atoms with Gasteiger partial charge in [-0.3, -0.25) is 0 Å². The minimum absolute atomic E-state index is 0.716. The molecule has 0 fully saturated rings. The molecule has 0 radical (unpaired) electrons. The van der Waals surface area contributed by atoms with Gasteiger partial charge < -0.3 is 14.2 Å². The van der Waals surface area contributed by atoms with Crippen LogP contribution in [0.5, 0.6) is 17.2 Å². The first-order valence-electron chi connectivity index (χ1n) is 25.7. The zero-order valence-electron chi connectivity index (χ0n) is 39.3. The molecular weight excluding hydrogens is 713 g/mol. The molecular formula is C53H97N2O3+. The molecule has 0 unspecified atom stereocenters. The molecule has 5 heteroatoms. The van der Waals surface area contributed by atoms with Gasteiger partial charge in [0.05, 0.1) is 26.9 Å². The molecule has 0 saturated heterocycles. The van der Waals surface area contributed by atoms with Crippen molar-refractivity contribution in [1.82, 2.24) is 4.57 Å². The molecule has 1 aromatic heterocycles. The molecule has 0 aliphatic heterocycles. The minimum atomic E-state index is 0.716. The molecule has 58 heavy (non-hydrogen) atoms. The molecule has 5 nitrogen and oxygen atoms in total. The maximum atomic E-state index is 6.64. The third kappa shape index (κ3) is 29.1. The molecule has 0 atom stereocenters. The van der Waals surface area contributed by atoms with E-state index in [9.17, 15) is 0 Å². The fourth-order valence-corrected chi connectivity index (χ4v) is 8.25. The maximum absolute atomic E-state index is 6.64. The van der Waals surface area contributed by atoms with Gasteiger partial charge in [0.2, 0.25) is 12.1 Å². The average Bonchev–Trinajstić information content (AvgIpc) is 3.64. The van der Waals surface area contributed by atoms with Crippen LogP contribution in [0.2, 0.25) is 0 Å². The zero-order valence-corrected chi connectivity index (χ0v) is 39.3. The summed E-state index contributed by atoms with van der Waals surface area (Å²) in [5, 5.41) is 0. The number of unbranched alkanes of at least 4 members (excludes halogenated alkanes) is 33. The molecule has 0 saturated carbocycles. The molecule has 0 spiro atoms. The standard InChI is InChI=1S/C53H97N2O3/c1-5-8-11-14-17-20-23-26-29-32-35-38-43-56-51-46-50(48-55-42-41-54(4)49-55)47-52(57-44-39-36-33-30-27-24-21-18-15-12-9-6-2)53(51)58-45-40-37-34-31-28-25-22-19-16-13-10-7-3/h41-42,46-47,49H,5-40,43-45,48H2,1-4H3/q+1. The van der Waals surface area contributed by atoms with Crippen molar-refractivity contribution in [1.29, 1.82) is 0 Å². The summed E-state index contributed by atoms with van der Waals surface area (Å²) in [5.41, 5.74) is 1.20. The van der Waals surface area contributed by atoms with Crippen LogP contribution < -0.4 is 18.8 Å². The summed E-state index contributed by atoms with van der Waals surface area (Å²) in [6.07, 6.45) is 54.9. The highest BCUT2D eigenvalue weighted by Gasteiger charge is 2.18. The third-order valence-corrected chi connectivity index (χ3v) is 12.0. The lowest BCUT2D eigenvalue weighted by Gasteiger charge is -2.19. The molecule has 0 aliphatic carbocycles. The van der Waals surface area contributed by atoms with Crippen LogP contribution >= 0.6 is 0 Å². The highest BCUT2D eigenvalue weighted by Crippen LogP contribution is 2.40. The van der Waals surface area contributed by atoms with Gasteiger partial charge in [-0.2, -0.15) is 0 Å². The van der Waals surface area contributed by atoms with Gasteiger partial charge in [-0.1, -0.05) is 233 Å². The Morgan fingerprint density at radius 1 is 0.397 bits per heavy atom. The molecule has 0 N–H and O–H groups in total. The Morgan fingerprint density at radius 2 is 0.690 bits per heavy atom. The number of hydrogen-bond acceptors (Lipinski definition) is 3. The largest absolute Gasteiger partial charge is 0.490 e. The van der Waals surface area contributed by atoms with E-state index in [4.69, 9.17) is 14.2 Å². The summed E-state index contributed by atoms with van der Waals surface area (Å²) in [6.45, 7) is 9.86. The van der Waals surface area contributed by atoms with Crippen LogP contribution in [-0.4, -0.2) is 24.4 Å². The minimum Gasteiger partial charge on any atom is -0.490 e. The second kappa shape index (κ2) is 39.0. The number of aromatic nitrogens is 2. The van der Waals surface area contributed by atoms with Crippen molar-refractivity contribution >= 4 is 0 Å². The highest BCUT2D eigenvalue weighted by atomic mass is 16.5. The van der Waals surface area contributed by atoms with Crippen LogP contribution in [0.1, 0.15) is 257 Å². The molecule has 1 aromatic carbocycles. The van der Waals surface area contributed by atoms with Gasteiger partial charge in [0.25, 0.3) is 0 Å². The van der Waals surface area contributed by atoms with Crippen LogP contribution in [0, 0.1) is 0 Å². The van der Waals surface area contributed by atoms with E-state index in [0.717, 1.165) is 56.3 Å². The zero-order chi connectivity index (χ0) is 41.4. The van der Waals surface area contributed by atoms with Gasteiger partial charge in [-0.05, 0) is 31.4 Å². The fourth-order valence-electron chi connectivity index (χ4n) is 8.25. The van der Waals surface area contributed by atoms with Gasteiger partial charge in [-0.25, -0.2) is 9.13 Å². The van der Waals surface area contributed by atoms with E-state index < -0.39 is 0 Å². The van der Waals surface area contributed by atoms with E-state index in [2.05, 4.69) is 67.8 Å². The number of hydrogen-bond donors (Lipinski definition) is 0. The van der Waals surface area contributed by atoms with Gasteiger partial charge >= 0.3 is 0 Å². The predicted molar refractivity (Wildman–Crippen MR) is 251 cm³/mol. The van der Waals surface area contributed by atoms with Crippen molar-refractivity contribution in [2.75, 3.05) is 19.8 Å².